The maximum absolute atomic E-state index is 12.8. The normalized spacial score (nSPS) is 22.5. The fourth-order valence-corrected chi connectivity index (χ4v) is 1.96. The number of methoxy groups -OCH3 is 1. The lowest BCUT2D eigenvalue weighted by molar-refractivity contribution is -0.190. The highest BCUT2D eigenvalue weighted by Gasteiger charge is 2.54. The Balaban J connectivity index is 2.33. The van der Waals surface area contributed by atoms with Crippen LogP contribution in [0.2, 0.25) is 0 Å². The van der Waals surface area contributed by atoms with Gasteiger partial charge in [-0.2, -0.15) is 18.2 Å². The molecule has 1 saturated heterocycles. The van der Waals surface area contributed by atoms with Gasteiger partial charge < -0.3 is 19.7 Å². The third-order valence-electron chi connectivity index (χ3n) is 3.56. The number of halogens is 3. The largest absolute Gasteiger partial charge is 0.415 e. The molecule has 0 amide bonds. The van der Waals surface area contributed by atoms with Crippen molar-refractivity contribution >= 4 is 0 Å². The van der Waals surface area contributed by atoms with Crippen LogP contribution in [0, 0.1) is 0 Å². The lowest BCUT2D eigenvalue weighted by atomic mass is 9.93. The summed E-state index contributed by atoms with van der Waals surface area (Å²) in [6.07, 6.45) is -3.81. The van der Waals surface area contributed by atoms with Crippen molar-refractivity contribution in [2.45, 2.75) is 37.1 Å². The van der Waals surface area contributed by atoms with Crippen LogP contribution in [0.3, 0.4) is 0 Å². The molecule has 1 unspecified atom stereocenters. The lowest BCUT2D eigenvalue weighted by Gasteiger charge is -2.32. The summed E-state index contributed by atoms with van der Waals surface area (Å²) < 4.78 is 53.8. The van der Waals surface area contributed by atoms with Gasteiger partial charge in [0.1, 0.15) is 5.60 Å². The zero-order valence-corrected chi connectivity index (χ0v) is 11.2. The van der Waals surface area contributed by atoms with Gasteiger partial charge in [0.25, 0.3) is 5.89 Å². The molecule has 114 valence electrons. The maximum Gasteiger partial charge on any atom is 0.415 e. The Morgan fingerprint density at radius 2 is 1.90 bits per heavy atom. The highest BCUT2D eigenvalue weighted by molar-refractivity contribution is 5.09. The van der Waals surface area contributed by atoms with E-state index in [1.807, 2.05) is 0 Å². The molecule has 0 radical (unpaired) electrons. The third kappa shape index (κ3) is 2.40. The summed E-state index contributed by atoms with van der Waals surface area (Å²) in [6, 6.07) is 0. The number of ether oxygens (including phenoxy) is 2. The average molecular weight is 295 g/mol. The van der Waals surface area contributed by atoms with Gasteiger partial charge in [0.05, 0.1) is 0 Å². The minimum Gasteiger partial charge on any atom is -0.381 e. The third-order valence-corrected chi connectivity index (χ3v) is 3.56. The molecule has 1 aromatic rings. The van der Waals surface area contributed by atoms with E-state index in [1.165, 1.54) is 7.11 Å². The van der Waals surface area contributed by atoms with Gasteiger partial charge in [-0.3, -0.25) is 0 Å². The van der Waals surface area contributed by atoms with Crippen molar-refractivity contribution in [3.8, 4) is 0 Å². The Bertz CT molecular complexity index is 467. The van der Waals surface area contributed by atoms with Crippen molar-refractivity contribution in [2.24, 2.45) is 5.73 Å². The van der Waals surface area contributed by atoms with Crippen LogP contribution < -0.4 is 5.73 Å². The highest BCUT2D eigenvalue weighted by Crippen LogP contribution is 2.38. The molecule has 1 aromatic heterocycles. The summed E-state index contributed by atoms with van der Waals surface area (Å²) in [5.74, 6) is -0.609. The van der Waals surface area contributed by atoms with Crippen LogP contribution in [-0.2, 0) is 20.6 Å². The molecule has 2 N–H and O–H groups in total. The first-order valence-electron chi connectivity index (χ1n) is 6.06. The summed E-state index contributed by atoms with van der Waals surface area (Å²) in [7, 11) is 1.45. The fraction of sp³-hybridized carbons (Fsp3) is 0.818. The van der Waals surface area contributed by atoms with E-state index in [0.717, 1.165) is 6.92 Å². The predicted octanol–water partition coefficient (Wildman–Crippen LogP) is 1.46. The molecule has 2 heterocycles. The van der Waals surface area contributed by atoms with Crippen molar-refractivity contribution in [3.05, 3.63) is 11.7 Å². The van der Waals surface area contributed by atoms with Crippen molar-refractivity contribution in [1.82, 2.24) is 10.1 Å². The molecule has 0 spiro atoms. The fourth-order valence-electron chi connectivity index (χ4n) is 1.96. The van der Waals surface area contributed by atoms with E-state index in [2.05, 4.69) is 10.1 Å². The first-order chi connectivity index (χ1) is 9.23. The minimum absolute atomic E-state index is 0.0687. The van der Waals surface area contributed by atoms with E-state index in [9.17, 15) is 13.2 Å². The Morgan fingerprint density at radius 1 is 1.30 bits per heavy atom. The van der Waals surface area contributed by atoms with Gasteiger partial charge in [0, 0.05) is 33.2 Å². The number of alkyl halides is 3. The van der Waals surface area contributed by atoms with Crippen LogP contribution in [0.1, 0.15) is 31.5 Å². The van der Waals surface area contributed by atoms with Gasteiger partial charge in [-0.25, -0.2) is 0 Å². The Hall–Kier alpha value is -1.19. The topological polar surface area (TPSA) is 83.4 Å². The van der Waals surface area contributed by atoms with E-state index >= 15 is 0 Å². The highest BCUT2D eigenvalue weighted by atomic mass is 19.4. The van der Waals surface area contributed by atoms with Gasteiger partial charge in [0.2, 0.25) is 5.82 Å². The molecule has 0 bridgehead atoms. The van der Waals surface area contributed by atoms with Crippen LogP contribution in [-0.4, -0.2) is 36.6 Å². The van der Waals surface area contributed by atoms with E-state index in [4.69, 9.17) is 19.7 Å². The summed E-state index contributed by atoms with van der Waals surface area (Å²) in [6.45, 7) is 1.61. The molecule has 20 heavy (non-hydrogen) atoms. The van der Waals surface area contributed by atoms with Crippen molar-refractivity contribution in [3.63, 3.8) is 0 Å². The molecule has 1 aliphatic heterocycles. The van der Waals surface area contributed by atoms with Crippen molar-refractivity contribution in [2.75, 3.05) is 20.3 Å². The van der Waals surface area contributed by atoms with Crippen LogP contribution >= 0.6 is 0 Å². The van der Waals surface area contributed by atoms with E-state index in [1.54, 1.807) is 0 Å². The number of hydrogen-bond donors (Lipinski definition) is 1. The minimum atomic E-state index is -4.69. The smallest absolute Gasteiger partial charge is 0.381 e. The lowest BCUT2D eigenvalue weighted by Crippen LogP contribution is -2.48. The van der Waals surface area contributed by atoms with Crippen molar-refractivity contribution in [1.29, 1.82) is 0 Å². The second-order valence-electron chi connectivity index (χ2n) is 4.93. The standard InChI is InChI=1S/C11H16F3N3O3/c1-9(15,11(12,13)14)8-16-7(17-20-8)10(18-2)3-5-19-6-4-10/h3-6,15H2,1-2H3. The van der Waals surface area contributed by atoms with Gasteiger partial charge in [-0.1, -0.05) is 5.16 Å². The maximum atomic E-state index is 12.8. The molecule has 1 aliphatic rings. The second kappa shape index (κ2) is 4.97. The molecule has 0 aliphatic carbocycles. The summed E-state index contributed by atoms with van der Waals surface area (Å²) in [4.78, 5) is 3.81. The molecular weight excluding hydrogens is 279 g/mol. The molecule has 6 nitrogen and oxygen atoms in total. The van der Waals surface area contributed by atoms with Crippen LogP contribution in [0.4, 0.5) is 13.2 Å². The molecule has 9 heteroatoms. The monoisotopic (exact) mass is 295 g/mol. The van der Waals surface area contributed by atoms with Crippen molar-refractivity contribution < 1.29 is 27.2 Å². The number of nitrogens with zero attached hydrogens (tertiary/aromatic N) is 2. The van der Waals surface area contributed by atoms with E-state index in [0.29, 0.717) is 26.1 Å². The molecule has 1 atom stereocenters. The molecule has 2 rings (SSSR count). The van der Waals surface area contributed by atoms with Gasteiger partial charge >= 0.3 is 6.18 Å². The Morgan fingerprint density at radius 3 is 2.40 bits per heavy atom. The van der Waals surface area contributed by atoms with Gasteiger partial charge in [-0.05, 0) is 6.92 Å². The Kier molecular flexibility index (Phi) is 3.78. The van der Waals surface area contributed by atoms with Crippen LogP contribution in [0.5, 0.6) is 0 Å². The number of rotatable bonds is 3. The van der Waals surface area contributed by atoms with Gasteiger partial charge in [-0.15, -0.1) is 0 Å². The zero-order chi connectivity index (χ0) is 15.0. The van der Waals surface area contributed by atoms with Gasteiger partial charge in [0.15, 0.2) is 5.54 Å². The van der Waals surface area contributed by atoms with E-state index < -0.39 is 23.2 Å². The quantitative estimate of drug-likeness (QED) is 0.909. The second-order valence-corrected chi connectivity index (χ2v) is 4.93. The first kappa shape index (κ1) is 15.2. The first-order valence-corrected chi connectivity index (χ1v) is 6.06. The van der Waals surface area contributed by atoms with Crippen LogP contribution in [0.25, 0.3) is 0 Å². The molecule has 1 fully saturated rings. The zero-order valence-electron chi connectivity index (χ0n) is 11.2. The predicted molar refractivity (Wildman–Crippen MR) is 60.6 cm³/mol. The molecule has 0 saturated carbocycles. The summed E-state index contributed by atoms with van der Waals surface area (Å²) >= 11 is 0. The average Bonchev–Trinajstić information content (AvgIpc) is 2.89. The summed E-state index contributed by atoms with van der Waals surface area (Å²) in [5.41, 5.74) is 1.67. The molecule has 0 aromatic carbocycles. The Labute approximate surface area is 113 Å². The SMILES string of the molecule is COC1(c2noc(C(C)(N)C(F)(F)F)n2)CCOCC1. The summed E-state index contributed by atoms with van der Waals surface area (Å²) in [5, 5.41) is 3.62. The number of nitrogens with two attached hydrogens (primary N) is 1. The van der Waals surface area contributed by atoms with Crippen LogP contribution in [0.15, 0.2) is 4.52 Å². The number of hydrogen-bond acceptors (Lipinski definition) is 6. The molecular formula is C11H16F3N3O3. The van der Waals surface area contributed by atoms with E-state index in [-0.39, 0.29) is 5.82 Å². The number of aromatic nitrogens is 2.